The van der Waals surface area contributed by atoms with Crippen molar-refractivity contribution < 1.29 is 9.90 Å². The Hall–Kier alpha value is -1.35. The van der Waals surface area contributed by atoms with Gasteiger partial charge in [0.1, 0.15) is 0 Å². The smallest absolute Gasteiger partial charge is 0.335 e. The summed E-state index contributed by atoms with van der Waals surface area (Å²) in [4.78, 5) is 11.4. The molecule has 0 aliphatic heterocycles. The van der Waals surface area contributed by atoms with E-state index in [4.69, 9.17) is 5.73 Å². The van der Waals surface area contributed by atoms with Crippen molar-refractivity contribution in [2.24, 2.45) is 5.73 Å². The van der Waals surface area contributed by atoms with Gasteiger partial charge in [-0.3, -0.25) is 0 Å². The normalized spacial score (nSPS) is 34.5. The fourth-order valence-electron chi connectivity index (χ4n) is 3.75. The molecule has 4 rings (SSSR count). The van der Waals surface area contributed by atoms with Gasteiger partial charge in [-0.25, -0.2) is 4.79 Å². The lowest BCUT2D eigenvalue weighted by atomic mass is 9.55. The Morgan fingerprint density at radius 3 is 2.17 bits per heavy atom. The molecule has 3 saturated carbocycles. The van der Waals surface area contributed by atoms with Crippen LogP contribution in [0.3, 0.4) is 0 Å². The van der Waals surface area contributed by atoms with E-state index in [0.717, 1.165) is 44.1 Å². The van der Waals surface area contributed by atoms with Crippen molar-refractivity contribution in [2.75, 3.05) is 0 Å². The Morgan fingerprint density at radius 2 is 1.61 bits per heavy atom. The van der Waals surface area contributed by atoms with Gasteiger partial charge in [0.25, 0.3) is 0 Å². The predicted molar refractivity (Wildman–Crippen MR) is 69.7 cm³/mol. The van der Waals surface area contributed by atoms with Crippen molar-refractivity contribution in [3.8, 4) is 0 Å². The van der Waals surface area contributed by atoms with Crippen LogP contribution in [0.25, 0.3) is 0 Å². The van der Waals surface area contributed by atoms with Crippen LogP contribution in [0.4, 0.5) is 0 Å². The Balaban J connectivity index is 2.03. The molecular formula is C15H19NO2. The number of carbonyl (C=O) groups is 1. The fourth-order valence-corrected chi connectivity index (χ4v) is 3.75. The van der Waals surface area contributed by atoms with E-state index in [2.05, 4.69) is 0 Å². The molecule has 0 unspecified atom stereocenters. The van der Waals surface area contributed by atoms with Crippen LogP contribution >= 0.6 is 0 Å². The first-order valence-electron chi connectivity index (χ1n) is 6.67. The Kier molecular flexibility index (Phi) is 2.49. The zero-order valence-electron chi connectivity index (χ0n) is 10.5. The highest BCUT2D eigenvalue weighted by Gasteiger charge is 2.48. The minimum absolute atomic E-state index is 0.0277. The number of carboxylic acids is 1. The van der Waals surface area contributed by atoms with Gasteiger partial charge in [0.05, 0.1) is 5.56 Å². The fraction of sp³-hybridized carbons (Fsp3) is 0.533. The first kappa shape index (κ1) is 11.7. The average Bonchev–Trinajstić information content (AvgIpc) is 2.40. The maximum Gasteiger partial charge on any atom is 0.335 e. The molecule has 0 spiro atoms. The molecule has 3 aliphatic carbocycles. The third-order valence-electron chi connectivity index (χ3n) is 5.03. The van der Waals surface area contributed by atoms with Gasteiger partial charge >= 0.3 is 5.97 Å². The lowest BCUT2D eigenvalue weighted by Gasteiger charge is -2.52. The minimum atomic E-state index is -0.810. The van der Waals surface area contributed by atoms with Gasteiger partial charge in [-0.2, -0.15) is 0 Å². The predicted octanol–water partition coefficient (Wildman–Crippen LogP) is 2.69. The van der Waals surface area contributed by atoms with Crippen molar-refractivity contribution in [3.05, 3.63) is 35.4 Å². The molecule has 1 aromatic carbocycles. The maximum atomic E-state index is 11.4. The van der Waals surface area contributed by atoms with Crippen LogP contribution in [-0.4, -0.2) is 16.6 Å². The van der Waals surface area contributed by atoms with E-state index >= 15 is 0 Å². The highest BCUT2D eigenvalue weighted by molar-refractivity contribution is 5.89. The number of fused-ring (bicyclic) bond motifs is 3. The number of benzene rings is 1. The molecule has 1 aromatic rings. The van der Waals surface area contributed by atoms with Gasteiger partial charge < -0.3 is 10.8 Å². The van der Waals surface area contributed by atoms with Crippen LogP contribution in [-0.2, 0) is 5.41 Å². The largest absolute Gasteiger partial charge is 0.478 e. The molecule has 0 amide bonds. The number of nitrogens with two attached hydrogens (primary N) is 1. The first-order chi connectivity index (χ1) is 8.55. The summed E-state index contributed by atoms with van der Waals surface area (Å²) in [5.41, 5.74) is 7.91. The molecule has 0 radical (unpaired) electrons. The second-order valence-corrected chi connectivity index (χ2v) is 5.99. The highest BCUT2D eigenvalue weighted by atomic mass is 16.4. The number of rotatable bonds is 2. The zero-order valence-corrected chi connectivity index (χ0v) is 10.5. The summed E-state index contributed by atoms with van der Waals surface area (Å²) in [6.07, 6.45) is 6.19. The van der Waals surface area contributed by atoms with Crippen molar-refractivity contribution in [3.63, 3.8) is 0 Å². The molecule has 0 heterocycles. The van der Waals surface area contributed by atoms with Crippen molar-refractivity contribution in [2.45, 2.75) is 49.5 Å². The van der Waals surface area contributed by atoms with E-state index in [1.54, 1.807) is 6.07 Å². The highest BCUT2D eigenvalue weighted by Crippen LogP contribution is 2.53. The van der Waals surface area contributed by atoms with Crippen LogP contribution < -0.4 is 5.73 Å². The average molecular weight is 245 g/mol. The van der Waals surface area contributed by atoms with Crippen molar-refractivity contribution in [1.29, 1.82) is 0 Å². The molecule has 0 saturated heterocycles. The molecule has 3 fully saturated rings. The third-order valence-corrected chi connectivity index (χ3v) is 5.03. The quantitative estimate of drug-likeness (QED) is 0.842. The molecule has 3 aliphatic rings. The second kappa shape index (κ2) is 3.82. The zero-order chi connectivity index (χ0) is 12.8. The standard InChI is InChI=1S/C15H19NO2/c16-15-8-5-14(6-9-15,7-10-15)12-4-2-1-3-11(12)13(17)18/h1-4H,5-10,16H2,(H,17,18). The van der Waals surface area contributed by atoms with E-state index in [1.807, 2.05) is 18.2 Å². The summed E-state index contributed by atoms with van der Waals surface area (Å²) in [6.45, 7) is 0. The summed E-state index contributed by atoms with van der Waals surface area (Å²) < 4.78 is 0. The van der Waals surface area contributed by atoms with Gasteiger partial charge in [-0.15, -0.1) is 0 Å². The molecule has 3 N–H and O–H groups in total. The third kappa shape index (κ3) is 1.65. The summed E-state index contributed by atoms with van der Waals surface area (Å²) in [6, 6.07) is 7.49. The van der Waals surface area contributed by atoms with Crippen LogP contribution in [0, 0.1) is 0 Å². The Bertz CT molecular complexity index is 470. The van der Waals surface area contributed by atoms with Gasteiger partial charge in [0, 0.05) is 5.54 Å². The van der Waals surface area contributed by atoms with Crippen molar-refractivity contribution in [1.82, 2.24) is 0 Å². The monoisotopic (exact) mass is 245 g/mol. The Morgan fingerprint density at radius 1 is 1.06 bits per heavy atom. The molecule has 3 nitrogen and oxygen atoms in total. The molecule has 18 heavy (non-hydrogen) atoms. The molecule has 96 valence electrons. The first-order valence-corrected chi connectivity index (χ1v) is 6.67. The Labute approximate surface area is 107 Å². The molecule has 0 atom stereocenters. The van der Waals surface area contributed by atoms with E-state index in [-0.39, 0.29) is 11.0 Å². The lowest BCUT2D eigenvalue weighted by molar-refractivity contribution is 0.0682. The van der Waals surface area contributed by atoms with Crippen LogP contribution in [0.1, 0.15) is 54.4 Å². The van der Waals surface area contributed by atoms with E-state index in [1.165, 1.54) is 0 Å². The number of hydrogen-bond donors (Lipinski definition) is 2. The maximum absolute atomic E-state index is 11.4. The van der Waals surface area contributed by atoms with Crippen molar-refractivity contribution >= 4 is 5.97 Å². The van der Waals surface area contributed by atoms with Crippen LogP contribution in [0.2, 0.25) is 0 Å². The van der Waals surface area contributed by atoms with E-state index in [0.29, 0.717) is 5.56 Å². The topological polar surface area (TPSA) is 63.3 Å². The van der Waals surface area contributed by atoms with Gasteiger partial charge in [-0.1, -0.05) is 18.2 Å². The summed E-state index contributed by atoms with van der Waals surface area (Å²) >= 11 is 0. The lowest BCUT2D eigenvalue weighted by Crippen LogP contribution is -2.53. The molecule has 3 heteroatoms. The molecular weight excluding hydrogens is 226 g/mol. The second-order valence-electron chi connectivity index (χ2n) is 5.99. The van der Waals surface area contributed by atoms with Crippen LogP contribution in [0.5, 0.6) is 0 Å². The van der Waals surface area contributed by atoms with Crippen LogP contribution in [0.15, 0.2) is 24.3 Å². The molecule has 2 bridgehead atoms. The van der Waals surface area contributed by atoms with Gasteiger partial charge in [0.15, 0.2) is 0 Å². The minimum Gasteiger partial charge on any atom is -0.478 e. The van der Waals surface area contributed by atoms with E-state index in [9.17, 15) is 9.90 Å². The number of carboxylic acid groups (broad SMARTS) is 1. The molecule has 0 aromatic heterocycles. The SMILES string of the molecule is NC12CCC(c3ccccc3C(=O)O)(CC1)CC2. The summed E-state index contributed by atoms with van der Waals surface area (Å²) in [5, 5.41) is 9.35. The summed E-state index contributed by atoms with van der Waals surface area (Å²) in [5.74, 6) is -0.810. The number of hydrogen-bond acceptors (Lipinski definition) is 2. The van der Waals surface area contributed by atoms with E-state index < -0.39 is 5.97 Å². The van der Waals surface area contributed by atoms with Gasteiger partial charge in [0.2, 0.25) is 0 Å². The number of aromatic carboxylic acids is 1. The summed E-state index contributed by atoms with van der Waals surface area (Å²) in [7, 11) is 0. The van der Waals surface area contributed by atoms with Gasteiger partial charge in [-0.05, 0) is 55.6 Å².